The van der Waals surface area contributed by atoms with Crippen LogP contribution in [-0.2, 0) is 0 Å². The summed E-state index contributed by atoms with van der Waals surface area (Å²) in [6.07, 6.45) is 8.36. The summed E-state index contributed by atoms with van der Waals surface area (Å²) in [4.78, 5) is 9.86. The zero-order chi connectivity index (χ0) is 48.4. The van der Waals surface area contributed by atoms with Crippen LogP contribution in [0.15, 0.2) is 266 Å². The topological polar surface area (TPSA) is 34.6 Å². The van der Waals surface area contributed by atoms with Crippen LogP contribution in [0.1, 0.15) is 0 Å². The second kappa shape index (κ2) is 17.6. The maximum absolute atomic E-state index is 5.07. The molecule has 11 aromatic carbocycles. The molecule has 0 saturated heterocycles. The summed E-state index contributed by atoms with van der Waals surface area (Å²) in [6.45, 7) is 0. The highest BCUT2D eigenvalue weighted by molar-refractivity contribution is 9.10. The first-order valence-electron chi connectivity index (χ1n) is 24.6. The fourth-order valence-corrected chi connectivity index (χ4v) is 11.1. The predicted molar refractivity (Wildman–Crippen MR) is 310 cm³/mol. The number of halogens is 1. The normalized spacial score (nSPS) is 11.6. The second-order valence-electron chi connectivity index (χ2n) is 18.8. The number of imidazole rings is 2. The van der Waals surface area contributed by atoms with Crippen LogP contribution in [0.4, 0.5) is 0 Å². The van der Waals surface area contributed by atoms with Gasteiger partial charge >= 0.3 is 0 Å². The molecule has 0 aliphatic rings. The van der Waals surface area contributed by atoms with Crippen molar-refractivity contribution in [2.75, 3.05) is 0 Å². The van der Waals surface area contributed by atoms with Gasteiger partial charge in [0.25, 0.3) is 0 Å². The smallest absolute Gasteiger partial charge is 0.145 e. The van der Waals surface area contributed by atoms with Crippen LogP contribution in [0, 0.1) is 0 Å². The van der Waals surface area contributed by atoms with Gasteiger partial charge < -0.3 is 8.80 Å². The van der Waals surface area contributed by atoms with Crippen molar-refractivity contribution in [2.24, 2.45) is 0 Å². The molecule has 0 spiro atoms. The third-order valence-corrected chi connectivity index (χ3v) is 15.0. The molecule has 0 aliphatic carbocycles. The average molecular weight is 996 g/mol. The number of nitrogens with zero attached hydrogens (tertiary/aromatic N) is 4. The fourth-order valence-electron chi connectivity index (χ4n) is 10.8. The number of hydrogen-bond acceptors (Lipinski definition) is 2. The van der Waals surface area contributed by atoms with E-state index in [9.17, 15) is 0 Å². The molecule has 15 aromatic rings. The molecule has 4 heterocycles. The lowest BCUT2D eigenvalue weighted by atomic mass is 9.84. The summed E-state index contributed by atoms with van der Waals surface area (Å²) in [5.41, 5.74) is 13.5. The van der Waals surface area contributed by atoms with E-state index in [1.807, 2.05) is 12.1 Å². The standard InChI is InChI=1S/C51H32N2.C17H11BrN2/c1-3-12-38-29-41(23-19-33(38)9-1)49-44-15-7-8-16-45(44)50(42-24-20-34-10-2-4-13-39(34)30-42)47-31-40(25-26-46(47)49)35-17-21-37(22-18-35)48-32-53-28-27-36-11-5-6-14-43(36)51(53)52-48;18-14-7-5-13(6-8-14)16-11-20-10-9-12-3-1-2-4-15(12)17(20)19-16/h1-32H;1-11H. The zero-order valence-electron chi connectivity index (χ0n) is 39.5. The molecule has 0 fully saturated rings. The Balaban J connectivity index is 0.000000205. The number of aromatic nitrogens is 4. The van der Waals surface area contributed by atoms with E-state index in [2.05, 4.69) is 274 Å². The van der Waals surface area contributed by atoms with E-state index in [0.29, 0.717) is 0 Å². The van der Waals surface area contributed by atoms with E-state index in [1.54, 1.807) is 0 Å². The van der Waals surface area contributed by atoms with Gasteiger partial charge in [-0.15, -0.1) is 0 Å². The molecular weight excluding hydrogens is 953 g/mol. The number of benzene rings is 11. The minimum absolute atomic E-state index is 0.969. The summed E-state index contributed by atoms with van der Waals surface area (Å²) < 4.78 is 5.29. The maximum Gasteiger partial charge on any atom is 0.145 e. The SMILES string of the molecule is Brc1ccc(-c2cn3ccc4ccccc4c3n2)cc1.c1ccc2cc(-c3c4ccccc4c(-c4ccc5ccccc5c4)c4cc(-c5ccc(-c6cn7ccc8ccccc8c7n6)cc5)ccc34)ccc2c1. The van der Waals surface area contributed by atoms with Gasteiger partial charge in [-0.3, -0.25) is 0 Å². The molecule has 0 radical (unpaired) electrons. The van der Waals surface area contributed by atoms with E-state index < -0.39 is 0 Å². The van der Waals surface area contributed by atoms with Crippen molar-refractivity contribution in [3.8, 4) is 55.9 Å². The quantitative estimate of drug-likeness (QED) is 0.161. The van der Waals surface area contributed by atoms with Gasteiger partial charge in [-0.1, -0.05) is 210 Å². The Bertz CT molecular complexity index is 4620. The zero-order valence-corrected chi connectivity index (χ0v) is 41.1. The van der Waals surface area contributed by atoms with Gasteiger partial charge in [0.1, 0.15) is 11.3 Å². The van der Waals surface area contributed by atoms with Gasteiger partial charge in [0.15, 0.2) is 0 Å². The predicted octanol–water partition coefficient (Wildman–Crippen LogP) is 18.7. The van der Waals surface area contributed by atoms with Crippen LogP contribution in [0.5, 0.6) is 0 Å². The van der Waals surface area contributed by atoms with Crippen molar-refractivity contribution in [1.29, 1.82) is 0 Å². The summed E-state index contributed by atoms with van der Waals surface area (Å²) in [5, 5.41) is 14.7. The Morgan fingerprint density at radius 1 is 0.274 bits per heavy atom. The second-order valence-corrected chi connectivity index (χ2v) is 19.7. The lowest BCUT2D eigenvalue weighted by molar-refractivity contribution is 1.20. The van der Waals surface area contributed by atoms with Gasteiger partial charge in [0.05, 0.1) is 11.4 Å². The van der Waals surface area contributed by atoms with E-state index in [1.165, 1.54) is 92.6 Å². The molecule has 4 nitrogen and oxygen atoms in total. The third kappa shape index (κ3) is 7.61. The first-order valence-corrected chi connectivity index (χ1v) is 25.4. The number of rotatable bonds is 5. The highest BCUT2D eigenvalue weighted by Gasteiger charge is 2.19. The van der Waals surface area contributed by atoms with Crippen LogP contribution < -0.4 is 0 Å². The fraction of sp³-hybridized carbons (Fsp3) is 0. The van der Waals surface area contributed by atoms with E-state index in [-0.39, 0.29) is 0 Å². The number of fused-ring (bicyclic) bond motifs is 10. The van der Waals surface area contributed by atoms with E-state index in [4.69, 9.17) is 9.97 Å². The number of hydrogen-bond donors (Lipinski definition) is 0. The molecule has 73 heavy (non-hydrogen) atoms. The van der Waals surface area contributed by atoms with E-state index in [0.717, 1.165) is 43.7 Å². The molecule has 4 aromatic heterocycles. The van der Waals surface area contributed by atoms with Gasteiger partial charge in [-0.2, -0.15) is 0 Å². The molecule has 0 saturated carbocycles. The minimum Gasteiger partial charge on any atom is -0.306 e. The van der Waals surface area contributed by atoms with Crippen LogP contribution in [0.25, 0.3) is 132 Å². The Labute approximate surface area is 429 Å². The molecule has 5 heteroatoms. The van der Waals surface area contributed by atoms with Crippen molar-refractivity contribution >= 4 is 91.9 Å². The lowest BCUT2D eigenvalue weighted by Gasteiger charge is -2.19. The van der Waals surface area contributed by atoms with Crippen LogP contribution >= 0.6 is 15.9 Å². The van der Waals surface area contributed by atoms with Gasteiger partial charge in [0, 0.05) is 51.2 Å². The Hall–Kier alpha value is -9.16. The van der Waals surface area contributed by atoms with Crippen LogP contribution in [0.2, 0.25) is 0 Å². The Morgan fingerprint density at radius 2 is 0.658 bits per heavy atom. The van der Waals surface area contributed by atoms with Crippen LogP contribution in [-0.4, -0.2) is 18.8 Å². The van der Waals surface area contributed by atoms with Crippen molar-refractivity contribution in [3.05, 3.63) is 266 Å². The molecule has 15 rings (SSSR count). The Kier molecular flexibility index (Phi) is 10.3. The van der Waals surface area contributed by atoms with Crippen molar-refractivity contribution in [1.82, 2.24) is 18.8 Å². The molecule has 342 valence electrons. The first-order chi connectivity index (χ1) is 36.1. The summed E-state index contributed by atoms with van der Waals surface area (Å²) in [7, 11) is 0. The average Bonchev–Trinajstić information content (AvgIpc) is 4.12. The lowest BCUT2D eigenvalue weighted by Crippen LogP contribution is -1.92. The molecule has 0 aliphatic heterocycles. The van der Waals surface area contributed by atoms with E-state index >= 15 is 0 Å². The maximum atomic E-state index is 5.07. The largest absolute Gasteiger partial charge is 0.306 e. The first kappa shape index (κ1) is 42.7. The van der Waals surface area contributed by atoms with Gasteiger partial charge in [-0.25, -0.2) is 9.97 Å². The van der Waals surface area contributed by atoms with Crippen molar-refractivity contribution in [3.63, 3.8) is 0 Å². The van der Waals surface area contributed by atoms with Crippen molar-refractivity contribution in [2.45, 2.75) is 0 Å². The summed E-state index contributed by atoms with van der Waals surface area (Å²) in [5.74, 6) is 0. The number of pyridine rings is 2. The molecule has 0 amide bonds. The van der Waals surface area contributed by atoms with Gasteiger partial charge in [0.2, 0.25) is 0 Å². The molecular formula is C68H43BrN4. The summed E-state index contributed by atoms with van der Waals surface area (Å²) >= 11 is 3.46. The summed E-state index contributed by atoms with van der Waals surface area (Å²) in [6, 6.07) is 85.2. The highest BCUT2D eigenvalue weighted by Crippen LogP contribution is 2.46. The third-order valence-electron chi connectivity index (χ3n) is 14.5. The molecule has 0 bridgehead atoms. The van der Waals surface area contributed by atoms with Crippen molar-refractivity contribution < 1.29 is 0 Å². The Morgan fingerprint density at radius 3 is 1.18 bits per heavy atom. The van der Waals surface area contributed by atoms with Gasteiger partial charge in [-0.05, 0) is 130 Å². The molecule has 0 N–H and O–H groups in total. The van der Waals surface area contributed by atoms with Crippen LogP contribution in [0.3, 0.4) is 0 Å². The molecule has 0 unspecified atom stereocenters. The monoisotopic (exact) mass is 994 g/mol. The highest BCUT2D eigenvalue weighted by atomic mass is 79.9. The minimum atomic E-state index is 0.969. The molecule has 0 atom stereocenters.